The zero-order valence-electron chi connectivity index (χ0n) is 11.3. The molecule has 3 heteroatoms. The summed E-state index contributed by atoms with van der Waals surface area (Å²) in [6.07, 6.45) is 5.91. The minimum absolute atomic E-state index is 0.133. The number of amides is 1. The second-order valence-electron chi connectivity index (χ2n) is 6.58. The van der Waals surface area contributed by atoms with Gasteiger partial charge in [0.2, 0.25) is 5.91 Å². The van der Waals surface area contributed by atoms with Crippen molar-refractivity contribution in [1.29, 1.82) is 0 Å². The Morgan fingerprint density at radius 3 is 2.65 bits per heavy atom. The van der Waals surface area contributed by atoms with E-state index in [2.05, 4.69) is 31.1 Å². The summed E-state index contributed by atoms with van der Waals surface area (Å²) in [5.74, 6) is 0.969. The normalized spacial score (nSPS) is 48.4. The number of carbonyl (C=O) groups excluding carboxylic acids is 1. The van der Waals surface area contributed by atoms with E-state index in [1.54, 1.807) is 0 Å². The molecule has 0 radical (unpaired) electrons. The summed E-state index contributed by atoms with van der Waals surface area (Å²) < 4.78 is 0. The molecule has 3 saturated carbocycles. The van der Waals surface area contributed by atoms with Crippen molar-refractivity contribution >= 4 is 5.91 Å². The van der Waals surface area contributed by atoms with Crippen molar-refractivity contribution < 1.29 is 4.79 Å². The van der Waals surface area contributed by atoms with E-state index in [-0.39, 0.29) is 17.5 Å². The van der Waals surface area contributed by atoms with Crippen LogP contribution in [-0.2, 0) is 4.79 Å². The zero-order valence-corrected chi connectivity index (χ0v) is 11.3. The van der Waals surface area contributed by atoms with Crippen molar-refractivity contribution in [3.63, 3.8) is 0 Å². The molecular formula is C14H24N2O. The van der Waals surface area contributed by atoms with Gasteiger partial charge in [0.15, 0.2) is 0 Å². The molecule has 1 aliphatic heterocycles. The van der Waals surface area contributed by atoms with Gasteiger partial charge in [-0.15, -0.1) is 0 Å². The molecule has 0 aromatic rings. The molecule has 17 heavy (non-hydrogen) atoms. The van der Waals surface area contributed by atoms with E-state index < -0.39 is 0 Å². The Bertz CT molecular complexity index is 346. The van der Waals surface area contributed by atoms with Crippen LogP contribution in [0.15, 0.2) is 0 Å². The van der Waals surface area contributed by atoms with Gasteiger partial charge in [0, 0.05) is 5.54 Å². The van der Waals surface area contributed by atoms with Gasteiger partial charge in [-0.25, -0.2) is 0 Å². The van der Waals surface area contributed by atoms with Crippen molar-refractivity contribution in [3.05, 3.63) is 0 Å². The molecule has 1 heterocycles. The highest BCUT2D eigenvalue weighted by atomic mass is 16.2. The number of hydrogen-bond donors (Lipinski definition) is 1. The third-order valence-electron chi connectivity index (χ3n) is 5.98. The first kappa shape index (κ1) is 11.5. The maximum atomic E-state index is 12.3. The first-order valence-electron chi connectivity index (χ1n) is 7.05. The van der Waals surface area contributed by atoms with E-state index in [0.29, 0.717) is 11.3 Å². The summed E-state index contributed by atoms with van der Waals surface area (Å²) in [4.78, 5) is 14.5. The predicted octanol–water partition coefficient (Wildman–Crippen LogP) is 1.78. The number of likely N-dealkylation sites (tertiary alicyclic amines) is 1. The monoisotopic (exact) mass is 236 g/mol. The second kappa shape index (κ2) is 3.47. The van der Waals surface area contributed by atoms with E-state index in [1.807, 2.05) is 0 Å². The molecule has 96 valence electrons. The highest BCUT2D eigenvalue weighted by Crippen LogP contribution is 2.72. The summed E-state index contributed by atoms with van der Waals surface area (Å²) in [6, 6.07) is 0.133. The topological polar surface area (TPSA) is 32.3 Å². The first-order valence-corrected chi connectivity index (χ1v) is 7.05. The van der Waals surface area contributed by atoms with Gasteiger partial charge in [-0.1, -0.05) is 13.8 Å². The van der Waals surface area contributed by atoms with Gasteiger partial charge in [0.25, 0.3) is 0 Å². The Morgan fingerprint density at radius 1 is 1.47 bits per heavy atom. The Morgan fingerprint density at radius 2 is 2.18 bits per heavy atom. The molecule has 1 unspecified atom stereocenters. The van der Waals surface area contributed by atoms with Gasteiger partial charge in [-0.2, -0.15) is 0 Å². The van der Waals surface area contributed by atoms with E-state index >= 15 is 0 Å². The number of carbonyl (C=O) groups is 1. The van der Waals surface area contributed by atoms with Crippen LogP contribution in [0.25, 0.3) is 0 Å². The maximum Gasteiger partial charge on any atom is 0.237 e. The Hall–Kier alpha value is -0.570. The maximum absolute atomic E-state index is 12.3. The molecule has 4 aliphatic rings. The van der Waals surface area contributed by atoms with Gasteiger partial charge < -0.3 is 5.32 Å². The molecule has 1 amide bonds. The molecule has 4 rings (SSSR count). The number of rotatable bonds is 3. The molecule has 4 fully saturated rings. The molecule has 3 aliphatic carbocycles. The minimum atomic E-state index is 0.133. The van der Waals surface area contributed by atoms with Crippen molar-refractivity contribution in [2.24, 2.45) is 11.3 Å². The summed E-state index contributed by atoms with van der Waals surface area (Å²) in [6.45, 7) is 5.67. The number of hydrogen-bond acceptors (Lipinski definition) is 2. The fourth-order valence-electron chi connectivity index (χ4n) is 4.46. The smallest absolute Gasteiger partial charge is 0.237 e. The van der Waals surface area contributed by atoms with Crippen molar-refractivity contribution in [2.45, 2.75) is 57.5 Å². The molecule has 1 saturated heterocycles. The standard InChI is InChI=1S/C14H24N2O/c1-4-13-8-14(9-13,10(13)2)15-12(17)11-6-5-7-16(11)3/h10-11H,4-9H2,1-3H3,(H,15,17)/t10-,11?,13?,14?/m0/s1. The van der Waals surface area contributed by atoms with Crippen LogP contribution in [0.5, 0.6) is 0 Å². The van der Waals surface area contributed by atoms with Crippen LogP contribution in [0.4, 0.5) is 0 Å². The quantitative estimate of drug-likeness (QED) is 0.810. The van der Waals surface area contributed by atoms with E-state index in [9.17, 15) is 4.79 Å². The Labute approximate surface area is 104 Å². The van der Waals surface area contributed by atoms with E-state index in [0.717, 1.165) is 19.4 Å². The molecule has 2 bridgehead atoms. The molecule has 0 spiro atoms. The molecular weight excluding hydrogens is 212 g/mol. The van der Waals surface area contributed by atoms with Gasteiger partial charge >= 0.3 is 0 Å². The van der Waals surface area contributed by atoms with Crippen molar-refractivity contribution in [2.75, 3.05) is 13.6 Å². The van der Waals surface area contributed by atoms with Gasteiger partial charge in [-0.3, -0.25) is 9.69 Å². The summed E-state index contributed by atoms with van der Waals surface area (Å²) in [5.41, 5.74) is 0.755. The van der Waals surface area contributed by atoms with Crippen LogP contribution >= 0.6 is 0 Å². The predicted molar refractivity (Wildman–Crippen MR) is 67.6 cm³/mol. The number of nitrogens with one attached hydrogen (secondary N) is 1. The van der Waals surface area contributed by atoms with E-state index in [4.69, 9.17) is 0 Å². The third kappa shape index (κ3) is 1.35. The third-order valence-corrected chi connectivity index (χ3v) is 5.98. The molecule has 0 aromatic heterocycles. The lowest BCUT2D eigenvalue weighted by atomic mass is 9.32. The van der Waals surface area contributed by atoms with Crippen LogP contribution < -0.4 is 5.32 Å². The summed E-state index contributed by atoms with van der Waals surface area (Å²) >= 11 is 0. The van der Waals surface area contributed by atoms with Crippen LogP contribution in [0, 0.1) is 11.3 Å². The van der Waals surface area contributed by atoms with Crippen LogP contribution in [0.1, 0.15) is 46.0 Å². The summed E-state index contributed by atoms with van der Waals surface area (Å²) in [7, 11) is 2.07. The largest absolute Gasteiger partial charge is 0.349 e. The van der Waals surface area contributed by atoms with Gasteiger partial charge in [0.05, 0.1) is 6.04 Å². The highest BCUT2D eigenvalue weighted by Gasteiger charge is 2.73. The van der Waals surface area contributed by atoms with Crippen LogP contribution in [0.3, 0.4) is 0 Å². The number of nitrogens with zero attached hydrogens (tertiary/aromatic N) is 1. The first-order chi connectivity index (χ1) is 8.03. The SMILES string of the molecule is CCC12CC(NC(=O)C3CCCN3C)(C1)[C@H]2C. The lowest BCUT2D eigenvalue weighted by Gasteiger charge is -2.76. The molecule has 3 nitrogen and oxygen atoms in total. The Balaban J connectivity index is 1.61. The van der Waals surface area contributed by atoms with Crippen molar-refractivity contribution in [3.8, 4) is 0 Å². The average Bonchev–Trinajstić information content (AvgIpc) is 2.69. The lowest BCUT2D eigenvalue weighted by molar-refractivity contribution is -0.223. The second-order valence-corrected chi connectivity index (χ2v) is 6.58. The van der Waals surface area contributed by atoms with Crippen LogP contribution in [0.2, 0.25) is 0 Å². The lowest BCUT2D eigenvalue weighted by Crippen LogP contribution is -2.81. The van der Waals surface area contributed by atoms with E-state index in [1.165, 1.54) is 19.3 Å². The fourth-order valence-corrected chi connectivity index (χ4v) is 4.46. The molecule has 1 N–H and O–H groups in total. The average molecular weight is 236 g/mol. The Kier molecular flexibility index (Phi) is 2.35. The zero-order chi connectivity index (χ0) is 12.3. The van der Waals surface area contributed by atoms with Gasteiger partial charge in [-0.05, 0) is 57.0 Å². The fraction of sp³-hybridized carbons (Fsp3) is 0.929. The summed E-state index contributed by atoms with van der Waals surface area (Å²) in [5, 5.41) is 3.36. The van der Waals surface area contributed by atoms with Gasteiger partial charge in [0.1, 0.15) is 0 Å². The highest BCUT2D eigenvalue weighted by molar-refractivity contribution is 5.83. The molecule has 0 aromatic carbocycles. The molecule has 2 atom stereocenters. The minimum Gasteiger partial charge on any atom is -0.349 e. The number of likely N-dealkylation sites (N-methyl/N-ethyl adjacent to an activating group) is 1. The van der Waals surface area contributed by atoms with Crippen molar-refractivity contribution in [1.82, 2.24) is 10.2 Å². The van der Waals surface area contributed by atoms with Crippen LogP contribution in [-0.4, -0.2) is 36.0 Å².